The predicted molar refractivity (Wildman–Crippen MR) is 154 cm³/mol. The van der Waals surface area contributed by atoms with Crippen LogP contribution in [-0.4, -0.2) is 12.6 Å². The number of hydrogen-bond acceptors (Lipinski definition) is 7. The number of thiophene rings is 1. The Morgan fingerprint density at radius 1 is 1.08 bits per heavy atom. The Bertz CT molecular complexity index is 1620. The number of ether oxygens (including phenoxy) is 3. The van der Waals surface area contributed by atoms with Crippen LogP contribution in [0.2, 0.25) is 10.0 Å². The predicted octanol–water partition coefficient (Wildman–Crippen LogP) is 8.21. The molecule has 2 N–H and O–H groups in total. The summed E-state index contributed by atoms with van der Waals surface area (Å²) in [5.41, 5.74) is 8.04. The van der Waals surface area contributed by atoms with E-state index in [-0.39, 0.29) is 16.5 Å². The van der Waals surface area contributed by atoms with E-state index in [4.69, 9.17) is 43.1 Å². The topological polar surface area (TPSA) is 94.6 Å². The minimum absolute atomic E-state index is 0.00259. The second-order valence-electron chi connectivity index (χ2n) is 9.02. The van der Waals surface area contributed by atoms with E-state index in [1.807, 2.05) is 24.3 Å². The number of halogens is 2. The molecule has 1 unspecified atom stereocenters. The van der Waals surface area contributed by atoms with Gasteiger partial charge in [0.05, 0.1) is 17.5 Å². The van der Waals surface area contributed by atoms with Gasteiger partial charge in [0.25, 0.3) is 0 Å². The van der Waals surface area contributed by atoms with Crippen molar-refractivity contribution in [2.75, 3.05) is 6.61 Å². The SMILES string of the molecule is CCCCCOc1ccc(C2C(C#N)=C(N)Oc3cc(OC(=O)c4sc5cc(Cl)ccc5c4Cl)ccc32)cc1. The van der Waals surface area contributed by atoms with Gasteiger partial charge in [-0.25, -0.2) is 4.79 Å². The third-order valence-corrected chi connectivity index (χ3v) is 8.28. The van der Waals surface area contributed by atoms with Crippen LogP contribution in [0.15, 0.2) is 72.1 Å². The molecular formula is C30H24Cl2N2O4S. The first-order valence-electron chi connectivity index (χ1n) is 12.4. The van der Waals surface area contributed by atoms with Gasteiger partial charge in [-0.2, -0.15) is 5.26 Å². The van der Waals surface area contributed by atoms with E-state index < -0.39 is 11.9 Å². The summed E-state index contributed by atoms with van der Waals surface area (Å²) >= 11 is 13.7. The van der Waals surface area contributed by atoms with E-state index >= 15 is 0 Å². The molecule has 1 aliphatic rings. The number of nitrogens with two attached hydrogens (primary N) is 1. The van der Waals surface area contributed by atoms with Gasteiger partial charge in [0.2, 0.25) is 5.88 Å². The number of unbranched alkanes of at least 4 members (excludes halogenated alkanes) is 2. The molecule has 1 atom stereocenters. The number of carbonyl (C=O) groups is 1. The first kappa shape index (κ1) is 26.9. The molecule has 0 saturated carbocycles. The molecule has 0 amide bonds. The number of nitrogens with zero attached hydrogens (tertiary/aromatic N) is 1. The van der Waals surface area contributed by atoms with Crippen LogP contribution in [0.25, 0.3) is 10.1 Å². The first-order chi connectivity index (χ1) is 18.9. The summed E-state index contributed by atoms with van der Waals surface area (Å²) in [7, 11) is 0. The molecule has 3 aromatic carbocycles. The van der Waals surface area contributed by atoms with Crippen molar-refractivity contribution in [3.63, 3.8) is 0 Å². The highest BCUT2D eigenvalue weighted by molar-refractivity contribution is 7.21. The van der Waals surface area contributed by atoms with Crippen molar-refractivity contribution in [2.24, 2.45) is 5.73 Å². The Morgan fingerprint density at radius 3 is 2.59 bits per heavy atom. The second kappa shape index (κ2) is 11.6. The van der Waals surface area contributed by atoms with Gasteiger partial charge < -0.3 is 19.9 Å². The van der Waals surface area contributed by atoms with Crippen LogP contribution in [0.4, 0.5) is 0 Å². The fourth-order valence-electron chi connectivity index (χ4n) is 4.46. The fourth-order valence-corrected chi connectivity index (χ4v) is 6.13. The zero-order valence-electron chi connectivity index (χ0n) is 21.0. The van der Waals surface area contributed by atoms with E-state index in [1.54, 1.807) is 36.4 Å². The van der Waals surface area contributed by atoms with Crippen molar-refractivity contribution in [3.8, 4) is 23.3 Å². The van der Waals surface area contributed by atoms with Crippen LogP contribution in [0.1, 0.15) is 52.9 Å². The van der Waals surface area contributed by atoms with Crippen LogP contribution >= 0.6 is 34.5 Å². The first-order valence-corrected chi connectivity index (χ1v) is 14.0. The van der Waals surface area contributed by atoms with Gasteiger partial charge in [-0.3, -0.25) is 0 Å². The average molecular weight is 580 g/mol. The third-order valence-electron chi connectivity index (χ3n) is 6.41. The van der Waals surface area contributed by atoms with Crippen molar-refractivity contribution < 1.29 is 19.0 Å². The lowest BCUT2D eigenvalue weighted by molar-refractivity contribution is 0.0740. The summed E-state index contributed by atoms with van der Waals surface area (Å²) in [6, 6.07) is 20.1. The number of allylic oxidation sites excluding steroid dienone is 1. The van der Waals surface area contributed by atoms with Gasteiger partial charge in [-0.05, 0) is 42.3 Å². The molecule has 4 aromatic rings. The third kappa shape index (κ3) is 5.55. The molecule has 0 radical (unpaired) electrons. The molecule has 0 bridgehead atoms. The van der Waals surface area contributed by atoms with Crippen LogP contribution in [-0.2, 0) is 0 Å². The molecule has 39 heavy (non-hydrogen) atoms. The number of benzene rings is 3. The average Bonchev–Trinajstić information content (AvgIpc) is 3.26. The maximum atomic E-state index is 13.0. The standard InChI is InChI=1S/C30H24Cl2N2O4S/c1-2-3-4-13-36-19-8-5-17(6-9-19)26-21-12-10-20(15-24(21)38-29(34)23(26)16-33)37-30(35)28-27(32)22-11-7-18(31)14-25(22)39-28/h5-12,14-15,26H,2-4,13,34H2,1H3. The summed E-state index contributed by atoms with van der Waals surface area (Å²) in [6.45, 7) is 2.81. The molecule has 1 aromatic heterocycles. The number of carbonyl (C=O) groups excluding carboxylic acids is 1. The van der Waals surface area contributed by atoms with Crippen molar-refractivity contribution in [1.82, 2.24) is 0 Å². The molecule has 0 aliphatic carbocycles. The smallest absolute Gasteiger partial charge is 0.355 e. The lowest BCUT2D eigenvalue weighted by Gasteiger charge is -2.26. The van der Waals surface area contributed by atoms with Gasteiger partial charge in [0, 0.05) is 26.7 Å². The summed E-state index contributed by atoms with van der Waals surface area (Å²) in [4.78, 5) is 13.3. The maximum absolute atomic E-state index is 13.0. The Morgan fingerprint density at radius 2 is 1.85 bits per heavy atom. The number of fused-ring (bicyclic) bond motifs is 2. The molecule has 1 aliphatic heterocycles. The summed E-state index contributed by atoms with van der Waals surface area (Å²) in [5, 5.41) is 11.5. The maximum Gasteiger partial charge on any atom is 0.355 e. The number of rotatable bonds is 8. The van der Waals surface area contributed by atoms with Crippen LogP contribution < -0.4 is 19.9 Å². The lowest BCUT2D eigenvalue weighted by Crippen LogP contribution is -2.21. The number of hydrogen-bond donors (Lipinski definition) is 1. The normalized spacial score (nSPS) is 14.5. The highest BCUT2D eigenvalue weighted by atomic mass is 35.5. The van der Waals surface area contributed by atoms with E-state index in [0.29, 0.717) is 28.0 Å². The summed E-state index contributed by atoms with van der Waals surface area (Å²) in [6.07, 6.45) is 3.25. The monoisotopic (exact) mass is 578 g/mol. The van der Waals surface area contributed by atoms with Crippen molar-refractivity contribution in [2.45, 2.75) is 32.1 Å². The molecule has 0 saturated heterocycles. The van der Waals surface area contributed by atoms with Crippen LogP contribution in [0, 0.1) is 11.3 Å². The molecule has 6 nitrogen and oxygen atoms in total. The molecule has 0 fully saturated rings. The largest absolute Gasteiger partial charge is 0.494 e. The van der Waals surface area contributed by atoms with Crippen molar-refractivity contribution >= 4 is 50.6 Å². The van der Waals surface area contributed by atoms with E-state index in [2.05, 4.69) is 13.0 Å². The zero-order chi connectivity index (χ0) is 27.5. The number of nitriles is 1. The van der Waals surface area contributed by atoms with Gasteiger partial charge >= 0.3 is 5.97 Å². The van der Waals surface area contributed by atoms with Gasteiger partial charge in [0.1, 0.15) is 33.8 Å². The Labute approximate surface area is 240 Å². The zero-order valence-corrected chi connectivity index (χ0v) is 23.3. The molecule has 0 spiro atoms. The van der Waals surface area contributed by atoms with Gasteiger partial charge in [0.15, 0.2) is 0 Å². The van der Waals surface area contributed by atoms with Crippen molar-refractivity contribution in [1.29, 1.82) is 5.26 Å². The highest BCUT2D eigenvalue weighted by Crippen LogP contribution is 2.44. The van der Waals surface area contributed by atoms with Gasteiger partial charge in [-0.1, -0.05) is 67.2 Å². The van der Waals surface area contributed by atoms with E-state index in [9.17, 15) is 10.1 Å². The summed E-state index contributed by atoms with van der Waals surface area (Å²) in [5.74, 6) is 0.383. The molecule has 2 heterocycles. The minimum atomic E-state index is -0.597. The molecule has 5 rings (SSSR count). The van der Waals surface area contributed by atoms with Crippen LogP contribution in [0.3, 0.4) is 0 Å². The fraction of sp³-hybridized carbons (Fsp3) is 0.200. The highest BCUT2D eigenvalue weighted by Gasteiger charge is 2.31. The van der Waals surface area contributed by atoms with Crippen molar-refractivity contribution in [3.05, 3.63) is 98.2 Å². The number of esters is 1. The Kier molecular flexibility index (Phi) is 7.99. The lowest BCUT2D eigenvalue weighted by atomic mass is 9.83. The second-order valence-corrected chi connectivity index (χ2v) is 10.9. The minimum Gasteiger partial charge on any atom is -0.494 e. The Balaban J connectivity index is 1.40. The van der Waals surface area contributed by atoms with E-state index in [0.717, 1.165) is 46.2 Å². The molecular weight excluding hydrogens is 555 g/mol. The summed E-state index contributed by atoms with van der Waals surface area (Å²) < 4.78 is 18.0. The molecule has 9 heteroatoms. The molecule has 198 valence electrons. The van der Waals surface area contributed by atoms with Gasteiger partial charge in [-0.15, -0.1) is 11.3 Å². The van der Waals surface area contributed by atoms with E-state index in [1.165, 1.54) is 11.3 Å². The quantitative estimate of drug-likeness (QED) is 0.128. The van der Waals surface area contributed by atoms with Crippen LogP contribution in [0.5, 0.6) is 17.2 Å². The Hall–Kier alpha value is -3.70.